The second kappa shape index (κ2) is 4.97. The van der Waals surface area contributed by atoms with Crippen molar-refractivity contribution in [2.75, 3.05) is 13.1 Å². The van der Waals surface area contributed by atoms with E-state index in [4.69, 9.17) is 16.3 Å². The van der Waals surface area contributed by atoms with Crippen molar-refractivity contribution in [3.8, 4) is 12.1 Å². The van der Waals surface area contributed by atoms with Gasteiger partial charge in [0.05, 0.1) is 25.2 Å². The van der Waals surface area contributed by atoms with Gasteiger partial charge in [-0.25, -0.2) is 0 Å². The summed E-state index contributed by atoms with van der Waals surface area (Å²) in [6.07, 6.45) is 0.780. The van der Waals surface area contributed by atoms with Crippen molar-refractivity contribution in [2.24, 2.45) is 5.73 Å². The molecule has 0 aromatic heterocycles. The van der Waals surface area contributed by atoms with E-state index >= 15 is 0 Å². The lowest BCUT2D eigenvalue weighted by atomic mass is 10.1. The van der Waals surface area contributed by atoms with Crippen LogP contribution in [-0.2, 0) is 0 Å². The van der Waals surface area contributed by atoms with E-state index in [9.17, 15) is 0 Å². The highest BCUT2D eigenvalue weighted by atomic mass is 15.2. The first-order valence-corrected chi connectivity index (χ1v) is 5.60. The maximum absolute atomic E-state index is 8.81. The Kier molecular flexibility index (Phi) is 3.39. The molecule has 2 atom stereocenters. The summed E-state index contributed by atoms with van der Waals surface area (Å²) in [4.78, 5) is 1.88. The Hall–Kier alpha value is -1.88. The smallest absolute Gasteiger partial charge is 0.0879 e. The van der Waals surface area contributed by atoms with Gasteiger partial charge in [0.2, 0.25) is 0 Å². The summed E-state index contributed by atoms with van der Waals surface area (Å²) >= 11 is 0. The molecule has 0 heterocycles. The highest BCUT2D eigenvalue weighted by Gasteiger charge is 2.32. The molecule has 1 aliphatic carbocycles. The number of nitrogens with zero attached hydrogens (tertiary/aromatic N) is 3. The highest BCUT2D eigenvalue weighted by molar-refractivity contribution is 5.37. The molecule has 2 unspecified atom stereocenters. The summed E-state index contributed by atoms with van der Waals surface area (Å²) in [7, 11) is 0. The van der Waals surface area contributed by atoms with Crippen molar-refractivity contribution >= 4 is 0 Å². The minimum absolute atomic E-state index is 0.0103. The lowest BCUT2D eigenvalue weighted by molar-refractivity contribution is 0.241. The van der Waals surface area contributed by atoms with Crippen molar-refractivity contribution in [1.29, 1.82) is 10.5 Å². The monoisotopic (exact) mass is 226 g/mol. The van der Waals surface area contributed by atoms with Crippen molar-refractivity contribution in [1.82, 2.24) is 4.90 Å². The van der Waals surface area contributed by atoms with Gasteiger partial charge >= 0.3 is 0 Å². The molecule has 4 heteroatoms. The molecule has 0 saturated carbocycles. The largest absolute Gasteiger partial charge is 0.324 e. The van der Waals surface area contributed by atoms with Crippen LogP contribution in [-0.4, -0.2) is 18.0 Å². The van der Waals surface area contributed by atoms with Gasteiger partial charge < -0.3 is 5.73 Å². The zero-order chi connectivity index (χ0) is 12.3. The molecule has 86 valence electrons. The van der Waals surface area contributed by atoms with Crippen LogP contribution in [0.3, 0.4) is 0 Å². The molecule has 17 heavy (non-hydrogen) atoms. The van der Waals surface area contributed by atoms with E-state index in [0.29, 0.717) is 0 Å². The van der Waals surface area contributed by atoms with Gasteiger partial charge in [-0.15, -0.1) is 0 Å². The highest BCUT2D eigenvalue weighted by Crippen LogP contribution is 2.40. The summed E-state index contributed by atoms with van der Waals surface area (Å²) < 4.78 is 0. The van der Waals surface area contributed by atoms with Crippen molar-refractivity contribution < 1.29 is 0 Å². The first-order chi connectivity index (χ1) is 8.27. The van der Waals surface area contributed by atoms with Crippen LogP contribution in [0.5, 0.6) is 0 Å². The Labute approximate surface area is 101 Å². The van der Waals surface area contributed by atoms with Gasteiger partial charge in [-0.05, 0) is 17.5 Å². The van der Waals surface area contributed by atoms with Gasteiger partial charge in [0.15, 0.2) is 0 Å². The van der Waals surface area contributed by atoms with Crippen LogP contribution >= 0.6 is 0 Å². The van der Waals surface area contributed by atoms with Crippen LogP contribution in [0.4, 0.5) is 0 Å². The van der Waals surface area contributed by atoms with E-state index in [0.717, 1.165) is 17.5 Å². The maximum Gasteiger partial charge on any atom is 0.0879 e. The fraction of sp³-hybridized carbons (Fsp3) is 0.385. The average molecular weight is 226 g/mol. The van der Waals surface area contributed by atoms with Gasteiger partial charge in [0, 0.05) is 12.1 Å². The molecule has 1 aliphatic rings. The number of hydrogen-bond acceptors (Lipinski definition) is 4. The number of hydrogen-bond donors (Lipinski definition) is 1. The molecule has 0 aliphatic heterocycles. The quantitative estimate of drug-likeness (QED) is 0.792. The Morgan fingerprint density at radius 2 is 1.76 bits per heavy atom. The molecule has 1 aromatic carbocycles. The molecule has 0 amide bonds. The van der Waals surface area contributed by atoms with Crippen molar-refractivity contribution in [3.63, 3.8) is 0 Å². The maximum atomic E-state index is 8.81. The van der Waals surface area contributed by atoms with Gasteiger partial charge in [0.25, 0.3) is 0 Å². The zero-order valence-electron chi connectivity index (χ0n) is 9.50. The Morgan fingerprint density at radius 1 is 1.18 bits per heavy atom. The summed E-state index contributed by atoms with van der Waals surface area (Å²) in [6, 6.07) is 12.3. The molecule has 0 radical (unpaired) electrons. The number of rotatable bonds is 3. The predicted octanol–water partition coefficient (Wildman–Crippen LogP) is 1.48. The molecule has 0 fully saturated rings. The lowest BCUT2D eigenvalue weighted by Gasteiger charge is -2.24. The fourth-order valence-electron chi connectivity index (χ4n) is 2.45. The van der Waals surface area contributed by atoms with Crippen LogP contribution in [0.25, 0.3) is 0 Å². The Balaban J connectivity index is 2.29. The lowest BCUT2D eigenvalue weighted by Crippen LogP contribution is -2.28. The van der Waals surface area contributed by atoms with Gasteiger partial charge in [-0.3, -0.25) is 4.90 Å². The molecule has 2 rings (SSSR count). The van der Waals surface area contributed by atoms with Crippen LogP contribution in [0.15, 0.2) is 24.3 Å². The third-order valence-electron chi connectivity index (χ3n) is 3.22. The molecule has 4 nitrogen and oxygen atoms in total. The summed E-state index contributed by atoms with van der Waals surface area (Å²) in [6.45, 7) is 0.526. The summed E-state index contributed by atoms with van der Waals surface area (Å²) in [5.41, 5.74) is 8.37. The van der Waals surface area contributed by atoms with E-state index in [2.05, 4.69) is 12.1 Å². The van der Waals surface area contributed by atoms with Crippen LogP contribution in [0.2, 0.25) is 0 Å². The second-order valence-corrected chi connectivity index (χ2v) is 4.21. The molecule has 0 saturated heterocycles. The number of fused-ring (bicyclic) bond motifs is 1. The van der Waals surface area contributed by atoms with Gasteiger partial charge in [0.1, 0.15) is 0 Å². The standard InChI is InChI=1S/C13H14N4/c14-5-7-17(8-6-15)13-9-12(16)10-3-1-2-4-11(10)13/h1-4,12-13H,7-9,16H2. The Bertz CT molecular complexity index is 467. The third-order valence-corrected chi connectivity index (χ3v) is 3.22. The van der Waals surface area contributed by atoms with Gasteiger partial charge in [-0.2, -0.15) is 10.5 Å². The topological polar surface area (TPSA) is 76.8 Å². The number of nitriles is 2. The molecule has 0 bridgehead atoms. The van der Waals surface area contributed by atoms with E-state index < -0.39 is 0 Å². The fourth-order valence-corrected chi connectivity index (χ4v) is 2.45. The zero-order valence-corrected chi connectivity index (χ0v) is 9.50. The van der Waals surface area contributed by atoms with Gasteiger partial charge in [-0.1, -0.05) is 24.3 Å². The first-order valence-electron chi connectivity index (χ1n) is 5.60. The van der Waals surface area contributed by atoms with Crippen LogP contribution in [0.1, 0.15) is 29.6 Å². The summed E-state index contributed by atoms with van der Waals surface area (Å²) in [5.74, 6) is 0. The molecule has 0 spiro atoms. The van der Waals surface area contributed by atoms with Crippen molar-refractivity contribution in [2.45, 2.75) is 18.5 Å². The first kappa shape index (κ1) is 11.6. The van der Waals surface area contributed by atoms with Crippen molar-refractivity contribution in [3.05, 3.63) is 35.4 Å². The SMILES string of the molecule is N#CCN(CC#N)C1CC(N)c2ccccc21. The third kappa shape index (κ3) is 2.14. The predicted molar refractivity (Wildman–Crippen MR) is 63.5 cm³/mol. The minimum Gasteiger partial charge on any atom is -0.324 e. The van der Waals surface area contributed by atoms with Crippen LogP contribution in [0, 0.1) is 22.7 Å². The normalized spacial score (nSPS) is 21.9. The second-order valence-electron chi connectivity index (χ2n) is 4.21. The van der Waals surface area contributed by atoms with Crippen LogP contribution < -0.4 is 5.73 Å². The Morgan fingerprint density at radius 3 is 2.35 bits per heavy atom. The molecular weight excluding hydrogens is 212 g/mol. The number of benzene rings is 1. The van der Waals surface area contributed by atoms with E-state index in [1.165, 1.54) is 0 Å². The molecular formula is C13H14N4. The van der Waals surface area contributed by atoms with E-state index in [-0.39, 0.29) is 25.2 Å². The van der Waals surface area contributed by atoms with E-state index in [1.807, 2.05) is 29.2 Å². The average Bonchev–Trinajstić information content (AvgIpc) is 2.67. The molecule has 1 aromatic rings. The minimum atomic E-state index is 0.0103. The summed E-state index contributed by atoms with van der Waals surface area (Å²) in [5, 5.41) is 17.6. The van der Waals surface area contributed by atoms with E-state index in [1.54, 1.807) is 0 Å². The molecule has 2 N–H and O–H groups in total. The number of nitrogens with two attached hydrogens (primary N) is 1.